The highest BCUT2D eigenvalue weighted by atomic mass is 16.7. The number of hydrogen-bond donors (Lipinski definition) is 0. The van der Waals surface area contributed by atoms with Gasteiger partial charge in [-0.05, 0) is 238 Å². The number of ether oxygens (including phenoxy) is 2. The SMILES string of the molecule is CC1(C)c2ccccc2-c2c(-c3cc(-c4cccc5c4-c4ccccc4C5(C)C)cc(C4(c5cc(-c6cccc7c6-c6ccccc6C7(C)C)cc(-c6cccc7c6-c6ccccc6C7(C)C)c5)c5cc6c(cc5-c5c4ccc4c5-c5ccccc5C4(C)C)OCO6)c3)cccc21. The van der Waals surface area contributed by atoms with E-state index in [0.29, 0.717) is 0 Å². The predicted octanol–water partition coefficient (Wildman–Crippen LogP) is 24.0. The van der Waals surface area contributed by atoms with Gasteiger partial charge in [0.2, 0.25) is 6.79 Å². The second-order valence-electron chi connectivity index (χ2n) is 31.3. The standard InChI is InChI=1S/C95H74O2/c1-90(2)70-34-16-11-25-64(70)84-60(30-21-39-75(84)90)54-45-55(61-31-22-40-76-85(61)65-26-12-17-35-71(65)91(76,3)4)48-58(47-54)95(80-44-43-79-88(68-29-15-20-38-74(68)94(79,9)10)89(80)69-51-82-83(52-81(69)95)97-53-96-82)59-49-56(62-32-23-41-77-86(62)66-27-13-18-36-72(66)92(77,5)6)46-57(50-59)63-33-24-42-78-87(63)67-28-14-19-37-73(67)93(78,7)8/h11-52H,53H2,1-10H3. The van der Waals surface area contributed by atoms with Crippen LogP contribution < -0.4 is 9.47 Å². The smallest absolute Gasteiger partial charge is 0.231 e. The summed E-state index contributed by atoms with van der Waals surface area (Å²) in [6.45, 7) is 24.3. The summed E-state index contributed by atoms with van der Waals surface area (Å²) < 4.78 is 13.3. The fourth-order valence-electron chi connectivity index (χ4n) is 20.1. The summed E-state index contributed by atoms with van der Waals surface area (Å²) in [6, 6.07) is 99.6. The molecule has 0 atom stereocenters. The lowest BCUT2D eigenvalue weighted by molar-refractivity contribution is 0.174. The van der Waals surface area contributed by atoms with Crippen LogP contribution in [0.2, 0.25) is 0 Å². The van der Waals surface area contributed by atoms with Crippen molar-refractivity contribution < 1.29 is 9.47 Å². The molecule has 0 spiro atoms. The highest BCUT2D eigenvalue weighted by Gasteiger charge is 2.52. The van der Waals surface area contributed by atoms with Crippen molar-refractivity contribution in [2.45, 2.75) is 102 Å². The van der Waals surface area contributed by atoms with Crippen LogP contribution in [0.15, 0.2) is 255 Å². The van der Waals surface area contributed by atoms with Crippen LogP contribution in [0.4, 0.5) is 0 Å². The van der Waals surface area contributed by atoms with E-state index in [4.69, 9.17) is 9.47 Å². The maximum Gasteiger partial charge on any atom is 0.231 e. The average Bonchev–Trinajstić information content (AvgIpc) is 1.52. The van der Waals surface area contributed by atoms with Crippen LogP contribution in [0.3, 0.4) is 0 Å². The highest BCUT2D eigenvalue weighted by Crippen LogP contribution is 2.67. The Bertz CT molecular complexity index is 5200. The van der Waals surface area contributed by atoms with Crippen LogP contribution in [-0.4, -0.2) is 6.79 Å². The van der Waals surface area contributed by atoms with Gasteiger partial charge in [0.25, 0.3) is 0 Å². The highest BCUT2D eigenvalue weighted by molar-refractivity contribution is 6.04. The zero-order valence-corrected chi connectivity index (χ0v) is 56.8. The van der Waals surface area contributed by atoms with Crippen molar-refractivity contribution in [1.29, 1.82) is 0 Å². The van der Waals surface area contributed by atoms with Crippen LogP contribution in [0.25, 0.3) is 111 Å². The average molecular weight is 1250 g/mol. The Kier molecular flexibility index (Phi) is 11.2. The molecule has 7 aliphatic rings. The first-order valence-corrected chi connectivity index (χ1v) is 34.9. The molecule has 13 aromatic carbocycles. The molecule has 6 aliphatic carbocycles. The first-order valence-electron chi connectivity index (χ1n) is 34.9. The minimum Gasteiger partial charge on any atom is -0.454 e. The van der Waals surface area contributed by atoms with Crippen LogP contribution >= 0.6 is 0 Å². The van der Waals surface area contributed by atoms with E-state index in [0.717, 1.165) is 11.5 Å². The van der Waals surface area contributed by atoms with E-state index >= 15 is 0 Å². The van der Waals surface area contributed by atoms with Gasteiger partial charge in [0, 0.05) is 27.1 Å². The van der Waals surface area contributed by atoms with E-state index < -0.39 is 5.41 Å². The van der Waals surface area contributed by atoms with E-state index in [9.17, 15) is 0 Å². The number of benzene rings is 13. The molecule has 0 amide bonds. The van der Waals surface area contributed by atoms with E-state index in [-0.39, 0.29) is 33.9 Å². The molecule has 2 nitrogen and oxygen atoms in total. The summed E-state index contributed by atoms with van der Waals surface area (Å²) in [5.74, 6) is 1.54. The lowest BCUT2D eigenvalue weighted by Gasteiger charge is -2.36. The van der Waals surface area contributed by atoms with Gasteiger partial charge in [-0.25, -0.2) is 0 Å². The molecule has 0 saturated carbocycles. The molecule has 1 heterocycles. The molecule has 2 heteroatoms. The zero-order chi connectivity index (χ0) is 65.6. The number of rotatable bonds is 6. The second-order valence-corrected chi connectivity index (χ2v) is 31.3. The maximum atomic E-state index is 6.73. The molecule has 0 N–H and O–H groups in total. The third kappa shape index (κ3) is 7.20. The largest absolute Gasteiger partial charge is 0.454 e. The van der Waals surface area contributed by atoms with E-state index in [1.807, 2.05) is 0 Å². The summed E-state index contributed by atoms with van der Waals surface area (Å²) >= 11 is 0. The Morgan fingerprint density at radius 2 is 0.464 bits per heavy atom. The molecule has 0 fully saturated rings. The third-order valence-electron chi connectivity index (χ3n) is 24.7. The quantitative estimate of drug-likeness (QED) is 0.165. The van der Waals surface area contributed by atoms with E-state index in [1.54, 1.807) is 0 Å². The molecule has 0 aromatic heterocycles. The summed E-state index contributed by atoms with van der Waals surface area (Å²) in [5, 5.41) is 0. The fourth-order valence-corrected chi connectivity index (χ4v) is 20.1. The minimum atomic E-state index is -1.01. The normalized spacial score (nSPS) is 17.0. The Morgan fingerprint density at radius 3 is 0.804 bits per heavy atom. The fraction of sp³-hybridized carbons (Fsp3) is 0.179. The van der Waals surface area contributed by atoms with Crippen molar-refractivity contribution >= 4 is 0 Å². The molecule has 20 rings (SSSR count). The molecule has 1 aliphatic heterocycles. The Morgan fingerprint density at radius 1 is 0.206 bits per heavy atom. The first kappa shape index (κ1) is 56.8. The topological polar surface area (TPSA) is 18.5 Å². The van der Waals surface area contributed by atoms with Crippen LogP contribution in [0.5, 0.6) is 11.5 Å². The number of fused-ring (bicyclic) bond motifs is 20. The second kappa shape index (κ2) is 19.1. The van der Waals surface area contributed by atoms with Crippen molar-refractivity contribution in [3.05, 3.63) is 333 Å². The van der Waals surface area contributed by atoms with Gasteiger partial charge in [-0.3, -0.25) is 0 Å². The van der Waals surface area contributed by atoms with Gasteiger partial charge in [0.1, 0.15) is 0 Å². The monoisotopic (exact) mass is 1250 g/mol. The van der Waals surface area contributed by atoms with E-state index in [2.05, 4.69) is 324 Å². The van der Waals surface area contributed by atoms with Crippen LogP contribution in [-0.2, 0) is 32.5 Å². The third-order valence-corrected chi connectivity index (χ3v) is 24.7. The van der Waals surface area contributed by atoms with Gasteiger partial charge in [-0.15, -0.1) is 0 Å². The van der Waals surface area contributed by atoms with Gasteiger partial charge in [-0.1, -0.05) is 275 Å². The molecular formula is C95H74O2. The minimum absolute atomic E-state index is 0.155. The molecule has 0 radical (unpaired) electrons. The molecular weight excluding hydrogens is 1170 g/mol. The first-order chi connectivity index (χ1) is 46.9. The molecule has 466 valence electrons. The molecule has 13 aromatic rings. The van der Waals surface area contributed by atoms with Gasteiger partial charge < -0.3 is 9.47 Å². The van der Waals surface area contributed by atoms with Crippen LogP contribution in [0.1, 0.15) is 147 Å². The van der Waals surface area contributed by atoms with Gasteiger partial charge >= 0.3 is 0 Å². The summed E-state index contributed by atoms with van der Waals surface area (Å²) in [4.78, 5) is 0. The van der Waals surface area contributed by atoms with Crippen molar-refractivity contribution in [3.63, 3.8) is 0 Å². The van der Waals surface area contributed by atoms with Crippen molar-refractivity contribution in [1.82, 2.24) is 0 Å². The van der Waals surface area contributed by atoms with Gasteiger partial charge in [0.15, 0.2) is 11.5 Å². The maximum absolute atomic E-state index is 6.73. The number of hydrogen-bond acceptors (Lipinski definition) is 2. The van der Waals surface area contributed by atoms with E-state index in [1.165, 1.54) is 189 Å². The summed E-state index contributed by atoms with van der Waals surface area (Å²) in [6.07, 6.45) is 0. The Hall–Kier alpha value is -10.5. The summed E-state index contributed by atoms with van der Waals surface area (Å²) in [5.41, 5.74) is 41.3. The molecule has 0 unspecified atom stereocenters. The van der Waals surface area contributed by atoms with Crippen molar-refractivity contribution in [3.8, 4) is 123 Å². The molecule has 0 bridgehead atoms. The van der Waals surface area contributed by atoms with Gasteiger partial charge in [-0.2, -0.15) is 0 Å². The zero-order valence-electron chi connectivity index (χ0n) is 56.8. The van der Waals surface area contributed by atoms with Crippen molar-refractivity contribution in [2.75, 3.05) is 6.79 Å². The lowest BCUT2D eigenvalue weighted by Crippen LogP contribution is -2.29. The van der Waals surface area contributed by atoms with Crippen molar-refractivity contribution in [2.24, 2.45) is 0 Å². The lowest BCUT2D eigenvalue weighted by atomic mass is 9.65. The van der Waals surface area contributed by atoms with Gasteiger partial charge in [0.05, 0.1) is 5.41 Å². The predicted molar refractivity (Wildman–Crippen MR) is 399 cm³/mol. The molecule has 97 heavy (non-hydrogen) atoms. The van der Waals surface area contributed by atoms with Crippen LogP contribution in [0, 0.1) is 0 Å². The Labute approximate surface area is 570 Å². The Balaban J connectivity index is 0.985. The molecule has 0 saturated heterocycles. The summed E-state index contributed by atoms with van der Waals surface area (Å²) in [7, 11) is 0.